The van der Waals surface area contributed by atoms with Crippen molar-refractivity contribution in [2.45, 2.75) is 52.4 Å². The highest BCUT2D eigenvalue weighted by atomic mass is 19.1. The summed E-state index contributed by atoms with van der Waals surface area (Å²) in [7, 11) is 0. The van der Waals surface area contributed by atoms with Gasteiger partial charge in [0.05, 0.1) is 6.10 Å². The van der Waals surface area contributed by atoms with Crippen molar-refractivity contribution in [3.63, 3.8) is 0 Å². The lowest BCUT2D eigenvalue weighted by atomic mass is 10.1. The zero-order valence-electron chi connectivity index (χ0n) is 12.0. The van der Waals surface area contributed by atoms with Crippen LogP contribution in [0.5, 0.6) is 5.75 Å². The molecule has 0 saturated carbocycles. The van der Waals surface area contributed by atoms with E-state index >= 15 is 0 Å². The van der Waals surface area contributed by atoms with Gasteiger partial charge in [-0.05, 0) is 52.3 Å². The first kappa shape index (κ1) is 15.0. The molecule has 1 atom stereocenters. The fourth-order valence-corrected chi connectivity index (χ4v) is 1.57. The molecule has 1 N–H and O–H groups in total. The van der Waals surface area contributed by atoms with Gasteiger partial charge < -0.3 is 10.1 Å². The van der Waals surface area contributed by atoms with Crippen molar-refractivity contribution in [3.8, 4) is 5.75 Å². The zero-order chi connectivity index (χ0) is 13.8. The van der Waals surface area contributed by atoms with Gasteiger partial charge in [-0.1, -0.05) is 12.1 Å². The summed E-state index contributed by atoms with van der Waals surface area (Å²) in [6.07, 6.45) is -0.911. The van der Waals surface area contributed by atoms with Crippen molar-refractivity contribution >= 4 is 0 Å². The van der Waals surface area contributed by atoms with Crippen molar-refractivity contribution in [3.05, 3.63) is 29.8 Å². The smallest absolute Gasteiger partial charge is 0.138 e. The zero-order valence-corrected chi connectivity index (χ0v) is 12.0. The number of hydrogen-bond donors (Lipinski definition) is 1. The average Bonchev–Trinajstić information content (AvgIpc) is 2.24. The molecule has 1 unspecified atom stereocenters. The van der Waals surface area contributed by atoms with Crippen molar-refractivity contribution in [1.29, 1.82) is 0 Å². The average molecular weight is 253 g/mol. The maximum absolute atomic E-state index is 14.1. The van der Waals surface area contributed by atoms with Gasteiger partial charge in [0.25, 0.3) is 0 Å². The van der Waals surface area contributed by atoms with Gasteiger partial charge in [0.2, 0.25) is 0 Å². The van der Waals surface area contributed by atoms with E-state index in [0.29, 0.717) is 12.1 Å². The van der Waals surface area contributed by atoms with Gasteiger partial charge >= 0.3 is 0 Å². The number of nitrogens with one attached hydrogen (secondary N) is 1. The second kappa shape index (κ2) is 6.19. The van der Waals surface area contributed by atoms with Crippen LogP contribution in [0, 0.1) is 0 Å². The second-order valence-electron chi connectivity index (χ2n) is 5.84. The largest absolute Gasteiger partial charge is 0.491 e. The molecule has 0 saturated heterocycles. The third-order valence-corrected chi connectivity index (χ3v) is 2.40. The van der Waals surface area contributed by atoms with Gasteiger partial charge in [0, 0.05) is 12.1 Å². The van der Waals surface area contributed by atoms with Crippen molar-refractivity contribution < 1.29 is 9.13 Å². The summed E-state index contributed by atoms with van der Waals surface area (Å²) < 4.78 is 19.6. The standard InChI is InChI=1S/C15H24FNO/c1-11(2)18-13-8-6-7-12(9-13)14(16)10-17-15(3,4)5/h6-9,11,14,17H,10H2,1-5H3. The molecule has 1 rings (SSSR count). The lowest BCUT2D eigenvalue weighted by molar-refractivity contribution is 0.240. The van der Waals surface area contributed by atoms with Crippen molar-refractivity contribution in [2.24, 2.45) is 0 Å². The van der Waals surface area contributed by atoms with Gasteiger partial charge in [0.15, 0.2) is 0 Å². The van der Waals surface area contributed by atoms with Crippen LogP contribution in [0.4, 0.5) is 4.39 Å². The van der Waals surface area contributed by atoms with E-state index in [1.165, 1.54) is 0 Å². The minimum absolute atomic E-state index is 0.0730. The molecule has 0 heterocycles. The number of alkyl halides is 1. The van der Waals surface area contributed by atoms with Crippen LogP contribution in [0.3, 0.4) is 0 Å². The number of rotatable bonds is 5. The Hall–Kier alpha value is -1.09. The van der Waals surface area contributed by atoms with Crippen LogP contribution >= 0.6 is 0 Å². The van der Waals surface area contributed by atoms with E-state index in [-0.39, 0.29) is 11.6 Å². The number of hydrogen-bond acceptors (Lipinski definition) is 2. The summed E-state index contributed by atoms with van der Waals surface area (Å²) in [5.41, 5.74) is 0.584. The van der Waals surface area contributed by atoms with Crippen LogP contribution in [-0.2, 0) is 0 Å². The number of ether oxygens (including phenoxy) is 1. The molecule has 1 aromatic rings. The number of benzene rings is 1. The highest BCUT2D eigenvalue weighted by molar-refractivity contribution is 5.30. The van der Waals surface area contributed by atoms with Crippen LogP contribution in [0.1, 0.15) is 46.4 Å². The first-order valence-electron chi connectivity index (χ1n) is 6.43. The molecule has 3 heteroatoms. The molecule has 0 aliphatic heterocycles. The Morgan fingerprint density at radius 2 is 1.94 bits per heavy atom. The van der Waals surface area contributed by atoms with Crippen LogP contribution in [0.15, 0.2) is 24.3 Å². The molecule has 0 fully saturated rings. The summed E-state index contributed by atoms with van der Waals surface area (Å²) in [6, 6.07) is 7.25. The van der Waals surface area contributed by atoms with E-state index in [1.807, 2.05) is 46.8 Å². The van der Waals surface area contributed by atoms with Gasteiger partial charge in [-0.25, -0.2) is 4.39 Å². The quantitative estimate of drug-likeness (QED) is 0.860. The topological polar surface area (TPSA) is 21.3 Å². The molecule has 1 aromatic carbocycles. The fraction of sp³-hybridized carbons (Fsp3) is 0.600. The Bertz CT molecular complexity index is 371. The predicted octanol–water partition coefficient (Wildman–Crippen LogP) is 3.87. The van der Waals surface area contributed by atoms with Gasteiger partial charge in [-0.15, -0.1) is 0 Å². The Labute approximate surface area is 110 Å². The van der Waals surface area contributed by atoms with Gasteiger partial charge in [0.1, 0.15) is 11.9 Å². The molecule has 0 aliphatic carbocycles. The molecule has 2 nitrogen and oxygen atoms in total. The summed E-state index contributed by atoms with van der Waals surface area (Å²) in [5.74, 6) is 0.723. The SMILES string of the molecule is CC(C)Oc1cccc(C(F)CNC(C)(C)C)c1. The van der Waals surface area contributed by atoms with Crippen molar-refractivity contribution in [1.82, 2.24) is 5.32 Å². The minimum atomic E-state index is -1.01. The third kappa shape index (κ3) is 5.50. The van der Waals surface area contributed by atoms with E-state index < -0.39 is 6.17 Å². The second-order valence-corrected chi connectivity index (χ2v) is 5.84. The highest BCUT2D eigenvalue weighted by Crippen LogP contribution is 2.22. The normalized spacial score (nSPS) is 13.7. The molecule has 102 valence electrons. The van der Waals surface area contributed by atoms with E-state index in [2.05, 4.69) is 5.32 Å². The maximum atomic E-state index is 14.1. The van der Waals surface area contributed by atoms with Crippen LogP contribution < -0.4 is 10.1 Å². The van der Waals surface area contributed by atoms with Gasteiger partial charge in [-0.2, -0.15) is 0 Å². The summed E-state index contributed by atoms with van der Waals surface area (Å²) in [5, 5.41) is 3.16. The molecule has 0 aliphatic rings. The molecule has 0 bridgehead atoms. The van der Waals surface area contributed by atoms with Crippen molar-refractivity contribution in [2.75, 3.05) is 6.54 Å². The van der Waals surface area contributed by atoms with E-state index in [0.717, 1.165) is 5.75 Å². The van der Waals surface area contributed by atoms with Gasteiger partial charge in [-0.3, -0.25) is 0 Å². The molecular weight excluding hydrogens is 229 g/mol. The maximum Gasteiger partial charge on any atom is 0.138 e. The summed E-state index contributed by atoms with van der Waals surface area (Å²) >= 11 is 0. The molecule has 0 radical (unpaired) electrons. The van der Waals surface area contributed by atoms with Crippen LogP contribution in [0.25, 0.3) is 0 Å². The Kier molecular flexibility index (Phi) is 5.15. The first-order chi connectivity index (χ1) is 8.28. The summed E-state index contributed by atoms with van der Waals surface area (Å²) in [6.45, 7) is 10.3. The third-order valence-electron chi connectivity index (χ3n) is 2.40. The molecule has 0 aromatic heterocycles. The van der Waals surface area contributed by atoms with E-state index in [9.17, 15) is 4.39 Å². The Morgan fingerprint density at radius 3 is 2.50 bits per heavy atom. The highest BCUT2D eigenvalue weighted by Gasteiger charge is 2.15. The first-order valence-corrected chi connectivity index (χ1v) is 6.43. The van der Waals surface area contributed by atoms with Crippen LogP contribution in [0.2, 0.25) is 0 Å². The summed E-state index contributed by atoms with van der Waals surface area (Å²) in [4.78, 5) is 0. The predicted molar refractivity (Wildman–Crippen MR) is 73.8 cm³/mol. The van der Waals surface area contributed by atoms with E-state index in [4.69, 9.17) is 4.74 Å². The molecular formula is C15H24FNO. The lowest BCUT2D eigenvalue weighted by Crippen LogP contribution is -2.37. The van der Waals surface area contributed by atoms with E-state index in [1.54, 1.807) is 12.1 Å². The minimum Gasteiger partial charge on any atom is -0.491 e. The lowest BCUT2D eigenvalue weighted by Gasteiger charge is -2.22. The Morgan fingerprint density at radius 1 is 1.28 bits per heavy atom. The Balaban J connectivity index is 2.65. The fourth-order valence-electron chi connectivity index (χ4n) is 1.57. The molecule has 18 heavy (non-hydrogen) atoms. The van der Waals surface area contributed by atoms with Crippen LogP contribution in [-0.4, -0.2) is 18.2 Å². The number of halogens is 1. The molecule has 0 spiro atoms. The monoisotopic (exact) mass is 253 g/mol. The molecule has 0 amide bonds.